The molecule has 1 unspecified atom stereocenters. The maximum absolute atomic E-state index is 12.4. The summed E-state index contributed by atoms with van der Waals surface area (Å²) < 4.78 is 0. The van der Waals surface area contributed by atoms with Crippen molar-refractivity contribution in [3.05, 3.63) is 23.5 Å². The van der Waals surface area contributed by atoms with Gasteiger partial charge in [-0.2, -0.15) is 0 Å². The third-order valence-electron chi connectivity index (χ3n) is 3.52. The number of unbranched alkanes of at least 4 members (excludes halogenated alkanes) is 3. The molecule has 1 heterocycles. The fourth-order valence-electron chi connectivity index (χ4n) is 2.33. The molecule has 118 valence electrons. The summed E-state index contributed by atoms with van der Waals surface area (Å²) in [6.45, 7) is 9.01. The first-order valence-electron chi connectivity index (χ1n) is 8.09. The summed E-state index contributed by atoms with van der Waals surface area (Å²) in [5.74, 6) is -0.0403. The second-order valence-corrected chi connectivity index (χ2v) is 5.63. The van der Waals surface area contributed by atoms with Crippen LogP contribution in [0.2, 0.25) is 0 Å². The maximum atomic E-state index is 12.4. The molecule has 1 aromatic heterocycles. The van der Waals surface area contributed by atoms with E-state index in [1.807, 2.05) is 19.9 Å². The molecular weight excluding hydrogens is 262 g/mol. The van der Waals surface area contributed by atoms with Gasteiger partial charge in [0.2, 0.25) is 0 Å². The number of aryl methyl sites for hydroxylation is 1. The maximum Gasteiger partial charge on any atom is 0.255 e. The van der Waals surface area contributed by atoms with Gasteiger partial charge in [0.05, 0.1) is 11.3 Å². The van der Waals surface area contributed by atoms with Crippen molar-refractivity contribution in [2.75, 3.05) is 11.9 Å². The smallest absolute Gasteiger partial charge is 0.255 e. The SMILES string of the molecule is CCCCCCC(C)NC(=O)c1cnc(C)cc1NCC. The molecule has 4 heteroatoms. The van der Waals surface area contributed by atoms with Gasteiger partial charge in [-0.1, -0.05) is 32.6 Å². The van der Waals surface area contributed by atoms with Crippen LogP contribution in [0.25, 0.3) is 0 Å². The zero-order valence-corrected chi connectivity index (χ0v) is 13.8. The van der Waals surface area contributed by atoms with Crippen molar-refractivity contribution in [1.82, 2.24) is 10.3 Å². The number of aromatic nitrogens is 1. The summed E-state index contributed by atoms with van der Waals surface area (Å²) in [5, 5.41) is 6.30. The lowest BCUT2D eigenvalue weighted by atomic mass is 10.1. The number of hydrogen-bond donors (Lipinski definition) is 2. The molecule has 0 fully saturated rings. The van der Waals surface area contributed by atoms with Gasteiger partial charge in [-0.3, -0.25) is 9.78 Å². The van der Waals surface area contributed by atoms with E-state index in [4.69, 9.17) is 0 Å². The number of amides is 1. The number of carbonyl (C=O) groups is 1. The van der Waals surface area contributed by atoms with E-state index in [1.54, 1.807) is 6.20 Å². The number of pyridine rings is 1. The van der Waals surface area contributed by atoms with Gasteiger partial charge < -0.3 is 10.6 Å². The van der Waals surface area contributed by atoms with E-state index in [0.717, 1.165) is 24.3 Å². The summed E-state index contributed by atoms with van der Waals surface area (Å²) in [5.41, 5.74) is 2.40. The molecule has 1 rings (SSSR count). The Kier molecular flexibility index (Phi) is 7.80. The fourth-order valence-corrected chi connectivity index (χ4v) is 2.33. The first-order chi connectivity index (χ1) is 10.1. The summed E-state index contributed by atoms with van der Waals surface area (Å²) in [7, 11) is 0. The van der Waals surface area contributed by atoms with Gasteiger partial charge in [0.15, 0.2) is 0 Å². The van der Waals surface area contributed by atoms with Crippen molar-refractivity contribution in [2.24, 2.45) is 0 Å². The Bertz CT molecular complexity index is 446. The highest BCUT2D eigenvalue weighted by molar-refractivity contribution is 5.99. The molecule has 0 saturated carbocycles. The first-order valence-corrected chi connectivity index (χ1v) is 8.09. The molecule has 21 heavy (non-hydrogen) atoms. The molecule has 0 aliphatic heterocycles. The second kappa shape index (κ2) is 9.37. The van der Waals surface area contributed by atoms with Crippen LogP contribution < -0.4 is 10.6 Å². The molecule has 4 nitrogen and oxygen atoms in total. The van der Waals surface area contributed by atoms with Crippen LogP contribution in [-0.4, -0.2) is 23.5 Å². The van der Waals surface area contributed by atoms with Crippen molar-refractivity contribution in [3.8, 4) is 0 Å². The van der Waals surface area contributed by atoms with Gasteiger partial charge in [-0.05, 0) is 33.3 Å². The predicted molar refractivity (Wildman–Crippen MR) is 88.8 cm³/mol. The molecule has 0 aromatic carbocycles. The normalized spacial score (nSPS) is 12.0. The lowest BCUT2D eigenvalue weighted by molar-refractivity contribution is 0.0938. The number of carbonyl (C=O) groups excluding carboxylic acids is 1. The summed E-state index contributed by atoms with van der Waals surface area (Å²) >= 11 is 0. The molecule has 0 aliphatic carbocycles. The van der Waals surface area contributed by atoms with Crippen LogP contribution >= 0.6 is 0 Å². The fraction of sp³-hybridized carbons (Fsp3) is 0.647. The van der Waals surface area contributed by atoms with Gasteiger partial charge in [0.1, 0.15) is 0 Å². The molecule has 0 bridgehead atoms. The highest BCUT2D eigenvalue weighted by atomic mass is 16.1. The molecule has 1 atom stereocenters. The van der Waals surface area contributed by atoms with E-state index in [1.165, 1.54) is 25.7 Å². The Balaban J connectivity index is 2.58. The van der Waals surface area contributed by atoms with Crippen LogP contribution in [0.4, 0.5) is 5.69 Å². The Morgan fingerprint density at radius 2 is 2.05 bits per heavy atom. The molecule has 2 N–H and O–H groups in total. The Labute approximate surface area is 128 Å². The van der Waals surface area contributed by atoms with Crippen LogP contribution in [0.15, 0.2) is 12.3 Å². The number of nitrogens with one attached hydrogen (secondary N) is 2. The highest BCUT2D eigenvalue weighted by Gasteiger charge is 2.14. The minimum absolute atomic E-state index is 0.0403. The van der Waals surface area contributed by atoms with Gasteiger partial charge in [0, 0.05) is 24.5 Å². The van der Waals surface area contributed by atoms with Crippen LogP contribution in [0, 0.1) is 6.92 Å². The van der Waals surface area contributed by atoms with Crippen LogP contribution in [0.3, 0.4) is 0 Å². The topological polar surface area (TPSA) is 54.0 Å². The van der Waals surface area contributed by atoms with Gasteiger partial charge in [-0.25, -0.2) is 0 Å². The van der Waals surface area contributed by atoms with Crippen molar-refractivity contribution in [3.63, 3.8) is 0 Å². The molecule has 1 amide bonds. The minimum Gasteiger partial charge on any atom is -0.385 e. The van der Waals surface area contributed by atoms with E-state index in [2.05, 4.69) is 29.5 Å². The zero-order valence-electron chi connectivity index (χ0n) is 13.8. The molecule has 0 radical (unpaired) electrons. The third-order valence-corrected chi connectivity index (χ3v) is 3.52. The molecule has 0 saturated heterocycles. The van der Waals surface area contributed by atoms with Crippen molar-refractivity contribution in [2.45, 2.75) is 65.8 Å². The van der Waals surface area contributed by atoms with Crippen LogP contribution in [0.5, 0.6) is 0 Å². The largest absolute Gasteiger partial charge is 0.385 e. The Morgan fingerprint density at radius 1 is 1.29 bits per heavy atom. The quantitative estimate of drug-likeness (QED) is 0.678. The number of anilines is 1. The van der Waals surface area contributed by atoms with Crippen molar-refractivity contribution < 1.29 is 4.79 Å². The number of rotatable bonds is 9. The number of nitrogens with zero attached hydrogens (tertiary/aromatic N) is 1. The first kappa shape index (κ1) is 17.5. The van der Waals surface area contributed by atoms with Crippen LogP contribution in [-0.2, 0) is 0 Å². The summed E-state index contributed by atoms with van der Waals surface area (Å²) in [6, 6.07) is 2.12. The summed E-state index contributed by atoms with van der Waals surface area (Å²) in [6.07, 6.45) is 7.61. The van der Waals surface area contributed by atoms with E-state index >= 15 is 0 Å². The van der Waals surface area contributed by atoms with E-state index in [0.29, 0.717) is 5.56 Å². The Morgan fingerprint density at radius 3 is 2.71 bits per heavy atom. The van der Waals surface area contributed by atoms with E-state index in [-0.39, 0.29) is 11.9 Å². The average molecular weight is 291 g/mol. The highest BCUT2D eigenvalue weighted by Crippen LogP contribution is 2.16. The third kappa shape index (κ3) is 6.15. The zero-order chi connectivity index (χ0) is 15.7. The van der Waals surface area contributed by atoms with Gasteiger partial charge in [-0.15, -0.1) is 0 Å². The van der Waals surface area contributed by atoms with Crippen molar-refractivity contribution in [1.29, 1.82) is 0 Å². The standard InChI is InChI=1S/C17H29N3O/c1-5-7-8-9-10-13(3)20-17(21)15-12-19-14(4)11-16(15)18-6-2/h11-13H,5-10H2,1-4H3,(H,18,19)(H,20,21). The van der Waals surface area contributed by atoms with Gasteiger partial charge in [0.25, 0.3) is 5.91 Å². The van der Waals surface area contributed by atoms with E-state index in [9.17, 15) is 4.79 Å². The van der Waals surface area contributed by atoms with Gasteiger partial charge >= 0.3 is 0 Å². The molecular formula is C17H29N3O. The Hall–Kier alpha value is -1.58. The van der Waals surface area contributed by atoms with Crippen LogP contribution in [0.1, 0.15) is 68.9 Å². The monoisotopic (exact) mass is 291 g/mol. The summed E-state index contributed by atoms with van der Waals surface area (Å²) in [4.78, 5) is 16.6. The number of hydrogen-bond acceptors (Lipinski definition) is 3. The minimum atomic E-state index is -0.0403. The molecule has 0 aliphatic rings. The van der Waals surface area contributed by atoms with Crippen molar-refractivity contribution >= 4 is 11.6 Å². The lowest BCUT2D eigenvalue weighted by Gasteiger charge is -2.16. The average Bonchev–Trinajstić information content (AvgIpc) is 2.44. The molecule has 0 spiro atoms. The van der Waals surface area contributed by atoms with E-state index < -0.39 is 0 Å². The second-order valence-electron chi connectivity index (χ2n) is 5.63. The molecule has 1 aromatic rings. The predicted octanol–water partition coefficient (Wildman–Crippen LogP) is 3.91. The lowest BCUT2D eigenvalue weighted by Crippen LogP contribution is -2.33.